The lowest BCUT2D eigenvalue weighted by molar-refractivity contribution is 0.664. The highest BCUT2D eigenvalue weighted by molar-refractivity contribution is 7.33. The van der Waals surface area contributed by atoms with Crippen LogP contribution in [0.2, 0.25) is 6.04 Å². The summed E-state index contributed by atoms with van der Waals surface area (Å²) in [5.74, 6) is 0. The second-order valence-corrected chi connectivity index (χ2v) is 9.48. The van der Waals surface area contributed by atoms with E-state index in [1.54, 1.807) is 0 Å². The zero-order valence-corrected chi connectivity index (χ0v) is 13.7. The van der Waals surface area contributed by atoms with Gasteiger partial charge < -0.3 is 4.57 Å². The third kappa shape index (κ3) is 2.73. The van der Waals surface area contributed by atoms with Crippen LogP contribution in [-0.4, -0.2) is 12.0 Å². The smallest absolute Gasteiger partial charge is 0.273 e. The van der Waals surface area contributed by atoms with Crippen molar-refractivity contribution < 1.29 is 0 Å². The van der Waals surface area contributed by atoms with Gasteiger partial charge in [-0.15, -0.1) is 22.2 Å². The van der Waals surface area contributed by atoms with Crippen molar-refractivity contribution in [3.05, 3.63) is 48.5 Å². The third-order valence-corrected chi connectivity index (χ3v) is 5.54. The van der Waals surface area contributed by atoms with Crippen LogP contribution in [0.25, 0.3) is 21.8 Å². The molecular weight excluding hydrogens is 305 g/mol. The van der Waals surface area contributed by atoms with E-state index in [0.29, 0.717) is 0 Å². The van der Waals surface area contributed by atoms with Crippen molar-refractivity contribution in [3.8, 4) is 0 Å². The molecule has 3 rings (SSSR count). The summed E-state index contributed by atoms with van der Waals surface area (Å²) in [7, 11) is -1.12. The first-order chi connectivity index (χ1) is 9.77. The number of rotatable bonds is 5. The van der Waals surface area contributed by atoms with E-state index >= 15 is 0 Å². The highest BCUT2D eigenvalue weighted by atomic mass is 35.7. The molecule has 0 saturated carbocycles. The Morgan fingerprint density at radius 2 is 1.35 bits per heavy atom. The maximum absolute atomic E-state index is 5.89. The van der Waals surface area contributed by atoms with Gasteiger partial charge in [0, 0.05) is 28.4 Å². The molecular formula is C16H16Cl2NSi. The van der Waals surface area contributed by atoms with Gasteiger partial charge in [-0.25, -0.2) is 0 Å². The molecule has 20 heavy (non-hydrogen) atoms. The molecule has 1 radical (unpaired) electrons. The van der Waals surface area contributed by atoms with E-state index in [9.17, 15) is 0 Å². The van der Waals surface area contributed by atoms with Gasteiger partial charge in [0.1, 0.15) is 0 Å². The van der Waals surface area contributed by atoms with Crippen molar-refractivity contribution >= 4 is 51.4 Å². The topological polar surface area (TPSA) is 4.93 Å². The summed E-state index contributed by atoms with van der Waals surface area (Å²) < 4.78 is 2.42. The second kappa shape index (κ2) is 6.21. The number of benzene rings is 2. The van der Waals surface area contributed by atoms with E-state index in [1.807, 2.05) is 0 Å². The number of para-hydroxylation sites is 2. The molecule has 4 heteroatoms. The van der Waals surface area contributed by atoms with Crippen molar-refractivity contribution in [2.45, 2.75) is 25.4 Å². The number of halogens is 2. The monoisotopic (exact) mass is 320 g/mol. The number of hydrogen-bond acceptors (Lipinski definition) is 0. The van der Waals surface area contributed by atoms with Gasteiger partial charge in [-0.2, -0.15) is 0 Å². The van der Waals surface area contributed by atoms with Crippen molar-refractivity contribution in [3.63, 3.8) is 0 Å². The summed E-state index contributed by atoms with van der Waals surface area (Å²) >= 11 is 11.8. The SMILES string of the molecule is Cl[Si](Cl)CCCCn1c2ccccc2c2ccccc21. The summed E-state index contributed by atoms with van der Waals surface area (Å²) in [6, 6.07) is 18.2. The molecule has 0 aliphatic rings. The Kier molecular flexibility index (Phi) is 4.34. The quantitative estimate of drug-likeness (QED) is 0.330. The summed E-state index contributed by atoms with van der Waals surface area (Å²) in [5, 5.41) is 2.67. The van der Waals surface area contributed by atoms with E-state index in [0.717, 1.165) is 25.4 Å². The van der Waals surface area contributed by atoms with Gasteiger partial charge in [-0.3, -0.25) is 0 Å². The molecule has 3 aromatic rings. The normalized spacial score (nSPS) is 11.8. The largest absolute Gasteiger partial charge is 0.340 e. The highest BCUT2D eigenvalue weighted by Gasteiger charge is 2.09. The minimum Gasteiger partial charge on any atom is -0.340 e. The van der Waals surface area contributed by atoms with Crippen LogP contribution in [0.3, 0.4) is 0 Å². The van der Waals surface area contributed by atoms with Crippen LogP contribution in [0.4, 0.5) is 0 Å². The molecule has 0 fully saturated rings. The summed E-state index contributed by atoms with van der Waals surface area (Å²) in [6.45, 7) is 1.02. The molecule has 0 saturated heterocycles. The van der Waals surface area contributed by atoms with E-state index < -0.39 is 7.42 Å². The zero-order chi connectivity index (χ0) is 13.9. The Hall–Kier alpha value is -0.963. The molecule has 1 aromatic heterocycles. The van der Waals surface area contributed by atoms with Gasteiger partial charge in [0.15, 0.2) is 0 Å². The fourth-order valence-corrected chi connectivity index (χ4v) is 4.09. The molecule has 0 unspecified atom stereocenters. The van der Waals surface area contributed by atoms with Crippen molar-refractivity contribution in [2.75, 3.05) is 0 Å². The van der Waals surface area contributed by atoms with Gasteiger partial charge in [-0.05, 0) is 24.6 Å². The number of hydrogen-bond donors (Lipinski definition) is 0. The lowest BCUT2D eigenvalue weighted by atomic mass is 10.2. The maximum atomic E-state index is 5.89. The molecule has 1 nitrogen and oxygen atoms in total. The molecule has 103 valence electrons. The van der Waals surface area contributed by atoms with Crippen molar-refractivity contribution in [1.29, 1.82) is 0 Å². The summed E-state index contributed by atoms with van der Waals surface area (Å²) in [5.41, 5.74) is 2.63. The Balaban J connectivity index is 1.95. The molecule has 0 amide bonds. The zero-order valence-electron chi connectivity index (χ0n) is 11.2. The Morgan fingerprint density at radius 3 is 1.90 bits per heavy atom. The molecule has 0 atom stereocenters. The second-order valence-electron chi connectivity index (χ2n) is 4.98. The van der Waals surface area contributed by atoms with Crippen LogP contribution < -0.4 is 0 Å². The molecule has 0 aliphatic carbocycles. The first kappa shape index (κ1) is 14.0. The molecule has 2 aromatic carbocycles. The van der Waals surface area contributed by atoms with Gasteiger partial charge in [0.25, 0.3) is 7.42 Å². The first-order valence-corrected chi connectivity index (χ1v) is 10.6. The van der Waals surface area contributed by atoms with Gasteiger partial charge in [-0.1, -0.05) is 42.8 Å². The number of nitrogens with zero attached hydrogens (tertiary/aromatic N) is 1. The summed E-state index contributed by atoms with van der Waals surface area (Å²) in [4.78, 5) is 0. The molecule has 0 spiro atoms. The molecule has 1 heterocycles. The first-order valence-electron chi connectivity index (χ1n) is 6.90. The molecule has 0 N–H and O–H groups in total. The average Bonchev–Trinajstić information content (AvgIpc) is 2.78. The highest BCUT2D eigenvalue weighted by Crippen LogP contribution is 2.29. The predicted octanol–water partition coefficient (Wildman–Crippen LogP) is 5.54. The van der Waals surface area contributed by atoms with Crippen LogP contribution >= 0.6 is 22.2 Å². The van der Waals surface area contributed by atoms with Crippen LogP contribution in [0, 0.1) is 0 Å². The number of aromatic nitrogens is 1. The number of aryl methyl sites for hydroxylation is 1. The molecule has 0 bridgehead atoms. The van der Waals surface area contributed by atoms with E-state index in [4.69, 9.17) is 22.2 Å². The molecule has 0 aliphatic heterocycles. The van der Waals surface area contributed by atoms with E-state index in [2.05, 4.69) is 53.1 Å². The van der Waals surface area contributed by atoms with Crippen molar-refractivity contribution in [1.82, 2.24) is 4.57 Å². The van der Waals surface area contributed by atoms with Gasteiger partial charge >= 0.3 is 0 Å². The van der Waals surface area contributed by atoms with Crippen molar-refractivity contribution in [2.24, 2.45) is 0 Å². The van der Waals surface area contributed by atoms with Gasteiger partial charge in [0.05, 0.1) is 0 Å². The standard InChI is InChI=1S/C16H16Cl2NSi/c17-20(18)12-6-5-11-19-15-9-3-1-7-13(15)14-8-2-4-10-16(14)19/h1-4,7-10H,5-6,11-12H2. The maximum Gasteiger partial charge on any atom is 0.273 e. The number of fused-ring (bicyclic) bond motifs is 3. The Morgan fingerprint density at radius 1 is 0.800 bits per heavy atom. The lowest BCUT2D eigenvalue weighted by Gasteiger charge is -2.07. The lowest BCUT2D eigenvalue weighted by Crippen LogP contribution is -1.99. The van der Waals surface area contributed by atoms with E-state index in [-0.39, 0.29) is 0 Å². The minimum absolute atomic E-state index is 0.963. The van der Waals surface area contributed by atoms with Crippen LogP contribution in [0.5, 0.6) is 0 Å². The Bertz CT molecular complexity index is 667. The average molecular weight is 321 g/mol. The van der Waals surface area contributed by atoms with Crippen LogP contribution in [0.15, 0.2) is 48.5 Å². The fraction of sp³-hybridized carbons (Fsp3) is 0.250. The third-order valence-electron chi connectivity index (χ3n) is 3.68. The number of unbranched alkanes of at least 4 members (excludes halogenated alkanes) is 1. The summed E-state index contributed by atoms with van der Waals surface area (Å²) in [6.07, 6.45) is 2.22. The predicted molar refractivity (Wildman–Crippen MR) is 90.9 cm³/mol. The van der Waals surface area contributed by atoms with Crippen LogP contribution in [-0.2, 0) is 6.54 Å². The minimum atomic E-state index is -1.12. The van der Waals surface area contributed by atoms with E-state index in [1.165, 1.54) is 21.8 Å². The van der Waals surface area contributed by atoms with Crippen LogP contribution in [0.1, 0.15) is 12.8 Å². The Labute approximate surface area is 130 Å². The van der Waals surface area contributed by atoms with Gasteiger partial charge in [0.2, 0.25) is 0 Å². The fourth-order valence-electron chi connectivity index (χ4n) is 2.77.